The number of piperidine rings is 2. The summed E-state index contributed by atoms with van der Waals surface area (Å²) in [5, 5.41) is 3.87. The third kappa shape index (κ3) is 4.10. The number of hydrogen-bond donors (Lipinski definition) is 0. The summed E-state index contributed by atoms with van der Waals surface area (Å²) in [6, 6.07) is 0. The van der Waals surface area contributed by atoms with Crippen LogP contribution in [0.5, 0.6) is 0 Å². The summed E-state index contributed by atoms with van der Waals surface area (Å²) in [6.45, 7) is 10.6. The summed E-state index contributed by atoms with van der Waals surface area (Å²) >= 11 is 0. The molecule has 2 aliphatic rings. The molecule has 2 fully saturated rings. The maximum atomic E-state index is 12.6. The van der Waals surface area contributed by atoms with E-state index in [1.807, 2.05) is 6.92 Å². The minimum absolute atomic E-state index is 0.287. The molecule has 0 aromatic carbocycles. The molecule has 0 N–H and O–H groups in total. The van der Waals surface area contributed by atoms with Gasteiger partial charge in [0.25, 0.3) is 0 Å². The zero-order valence-corrected chi connectivity index (χ0v) is 14.5. The van der Waals surface area contributed by atoms with E-state index in [1.54, 1.807) is 0 Å². The maximum Gasteiger partial charge on any atom is 0.236 e. The molecule has 0 aliphatic carbocycles. The Balaban J connectivity index is 1.47. The number of rotatable bonds is 3. The maximum absolute atomic E-state index is 12.6. The Morgan fingerprint density at radius 2 is 1.87 bits per heavy atom. The predicted octanol–water partition coefficient (Wildman–Crippen LogP) is 2.06. The number of amides is 1. The first-order chi connectivity index (χ1) is 11.0. The highest BCUT2D eigenvalue weighted by Crippen LogP contribution is 2.27. The van der Waals surface area contributed by atoms with Gasteiger partial charge in [0, 0.05) is 19.0 Å². The second-order valence-corrected chi connectivity index (χ2v) is 7.48. The number of nitrogens with zero attached hydrogens (tertiary/aromatic N) is 4. The molecule has 128 valence electrons. The van der Waals surface area contributed by atoms with Crippen LogP contribution >= 0.6 is 0 Å². The molecule has 2 unspecified atom stereocenters. The summed E-state index contributed by atoms with van der Waals surface area (Å²) in [7, 11) is 0. The van der Waals surface area contributed by atoms with E-state index in [9.17, 15) is 4.79 Å². The fourth-order valence-electron chi connectivity index (χ4n) is 3.97. The minimum Gasteiger partial charge on any atom is -0.341 e. The van der Waals surface area contributed by atoms with Crippen molar-refractivity contribution in [1.82, 2.24) is 19.9 Å². The minimum atomic E-state index is 0.287. The zero-order valence-electron chi connectivity index (χ0n) is 14.5. The molecule has 2 saturated heterocycles. The molecular weight excluding hydrogens is 292 g/mol. The Labute approximate surface area is 138 Å². The van der Waals surface area contributed by atoms with Crippen molar-refractivity contribution in [3.8, 4) is 0 Å². The molecule has 0 radical (unpaired) electrons. The van der Waals surface area contributed by atoms with E-state index in [1.165, 1.54) is 6.42 Å². The van der Waals surface area contributed by atoms with Gasteiger partial charge in [-0.15, -0.1) is 0 Å². The van der Waals surface area contributed by atoms with E-state index in [0.29, 0.717) is 30.1 Å². The van der Waals surface area contributed by atoms with Crippen molar-refractivity contribution in [1.29, 1.82) is 0 Å². The molecule has 3 rings (SSSR count). The molecule has 0 spiro atoms. The van der Waals surface area contributed by atoms with Gasteiger partial charge in [-0.25, -0.2) is 0 Å². The summed E-state index contributed by atoms with van der Waals surface area (Å²) in [5.74, 6) is 3.33. The number of carbonyl (C=O) groups is 1. The van der Waals surface area contributed by atoms with Crippen LogP contribution in [-0.4, -0.2) is 58.6 Å². The van der Waals surface area contributed by atoms with E-state index in [4.69, 9.17) is 4.52 Å². The average Bonchev–Trinajstić information content (AvgIpc) is 2.93. The average molecular weight is 320 g/mol. The first-order valence-corrected chi connectivity index (χ1v) is 8.81. The lowest BCUT2D eigenvalue weighted by Crippen LogP contribution is -2.48. The molecular formula is C17H28N4O2. The van der Waals surface area contributed by atoms with Crippen molar-refractivity contribution in [2.24, 2.45) is 11.8 Å². The number of likely N-dealkylation sites (tertiary alicyclic amines) is 2. The summed E-state index contributed by atoms with van der Waals surface area (Å²) in [6.07, 6.45) is 3.21. The fraction of sp³-hybridized carbons (Fsp3) is 0.824. The highest BCUT2D eigenvalue weighted by Gasteiger charge is 2.29. The van der Waals surface area contributed by atoms with Gasteiger partial charge in [0.15, 0.2) is 5.82 Å². The Morgan fingerprint density at radius 3 is 2.43 bits per heavy atom. The van der Waals surface area contributed by atoms with Crippen molar-refractivity contribution in [2.45, 2.75) is 46.0 Å². The standard InChI is InChI=1S/C17H28N4O2/c1-12-8-13(2)10-21(9-12)16(22)11-20-6-4-15(5-7-20)17-18-14(3)19-23-17/h12-13,15H,4-11H2,1-3H3. The SMILES string of the molecule is Cc1noc(C2CCN(CC(=O)N3CC(C)CC(C)C3)CC2)n1. The van der Waals surface area contributed by atoms with Crippen LogP contribution in [0.25, 0.3) is 0 Å². The molecule has 1 aromatic heterocycles. The number of aromatic nitrogens is 2. The van der Waals surface area contributed by atoms with Crippen molar-refractivity contribution in [3.05, 3.63) is 11.7 Å². The summed E-state index contributed by atoms with van der Waals surface area (Å²) < 4.78 is 5.28. The van der Waals surface area contributed by atoms with Crippen LogP contribution < -0.4 is 0 Å². The highest BCUT2D eigenvalue weighted by atomic mass is 16.5. The van der Waals surface area contributed by atoms with Crippen molar-refractivity contribution in [3.63, 3.8) is 0 Å². The van der Waals surface area contributed by atoms with E-state index < -0.39 is 0 Å². The Kier molecular flexibility index (Phi) is 4.99. The van der Waals surface area contributed by atoms with Gasteiger partial charge >= 0.3 is 0 Å². The van der Waals surface area contributed by atoms with Crippen LogP contribution in [-0.2, 0) is 4.79 Å². The third-order valence-electron chi connectivity index (χ3n) is 5.06. The Morgan fingerprint density at radius 1 is 1.22 bits per heavy atom. The normalized spacial score (nSPS) is 27.3. The second-order valence-electron chi connectivity index (χ2n) is 7.48. The molecule has 0 bridgehead atoms. The summed E-state index contributed by atoms with van der Waals surface area (Å²) in [5.41, 5.74) is 0. The molecule has 2 atom stereocenters. The van der Waals surface area contributed by atoms with E-state index >= 15 is 0 Å². The van der Waals surface area contributed by atoms with E-state index in [2.05, 4.69) is 33.8 Å². The van der Waals surface area contributed by atoms with Crippen LogP contribution in [0.4, 0.5) is 0 Å². The van der Waals surface area contributed by atoms with Crippen molar-refractivity contribution in [2.75, 3.05) is 32.7 Å². The van der Waals surface area contributed by atoms with Crippen LogP contribution in [0, 0.1) is 18.8 Å². The molecule has 1 amide bonds. The van der Waals surface area contributed by atoms with Crippen molar-refractivity contribution >= 4 is 5.91 Å². The first-order valence-electron chi connectivity index (χ1n) is 8.81. The topological polar surface area (TPSA) is 62.5 Å². The lowest BCUT2D eigenvalue weighted by molar-refractivity contribution is -0.135. The van der Waals surface area contributed by atoms with Gasteiger partial charge < -0.3 is 9.42 Å². The van der Waals surface area contributed by atoms with Crippen molar-refractivity contribution < 1.29 is 9.32 Å². The monoisotopic (exact) mass is 320 g/mol. The number of hydrogen-bond acceptors (Lipinski definition) is 5. The quantitative estimate of drug-likeness (QED) is 0.853. The van der Waals surface area contributed by atoms with Gasteiger partial charge in [0.05, 0.1) is 6.54 Å². The van der Waals surface area contributed by atoms with Crippen LogP contribution in [0.2, 0.25) is 0 Å². The van der Waals surface area contributed by atoms with Crippen LogP contribution in [0.3, 0.4) is 0 Å². The smallest absolute Gasteiger partial charge is 0.236 e. The van der Waals surface area contributed by atoms with Gasteiger partial charge in [0.2, 0.25) is 11.8 Å². The van der Waals surface area contributed by atoms with Gasteiger partial charge in [0.1, 0.15) is 0 Å². The second kappa shape index (κ2) is 6.99. The van der Waals surface area contributed by atoms with Crippen LogP contribution in [0.1, 0.15) is 50.7 Å². The molecule has 2 aliphatic heterocycles. The number of aryl methyl sites for hydroxylation is 1. The Hall–Kier alpha value is -1.43. The predicted molar refractivity (Wildman–Crippen MR) is 87.0 cm³/mol. The van der Waals surface area contributed by atoms with E-state index in [-0.39, 0.29) is 5.91 Å². The third-order valence-corrected chi connectivity index (χ3v) is 5.06. The fourth-order valence-corrected chi connectivity index (χ4v) is 3.97. The lowest BCUT2D eigenvalue weighted by atomic mass is 9.92. The zero-order chi connectivity index (χ0) is 16.4. The Bertz CT molecular complexity index is 526. The first kappa shape index (κ1) is 16.4. The molecule has 6 heteroatoms. The van der Waals surface area contributed by atoms with E-state index in [0.717, 1.165) is 44.9 Å². The lowest BCUT2D eigenvalue weighted by Gasteiger charge is -2.37. The molecule has 1 aromatic rings. The van der Waals surface area contributed by atoms with Crippen LogP contribution in [0.15, 0.2) is 4.52 Å². The van der Waals surface area contributed by atoms with Gasteiger partial charge in [-0.1, -0.05) is 19.0 Å². The largest absolute Gasteiger partial charge is 0.341 e. The van der Waals surface area contributed by atoms with Gasteiger partial charge in [-0.2, -0.15) is 4.98 Å². The molecule has 23 heavy (non-hydrogen) atoms. The van der Waals surface area contributed by atoms with Gasteiger partial charge in [-0.05, 0) is 51.1 Å². The van der Waals surface area contributed by atoms with Gasteiger partial charge in [-0.3, -0.25) is 9.69 Å². The molecule has 3 heterocycles. The molecule has 0 saturated carbocycles. The highest BCUT2D eigenvalue weighted by molar-refractivity contribution is 5.78. The summed E-state index contributed by atoms with van der Waals surface area (Å²) in [4.78, 5) is 21.2. The number of carbonyl (C=O) groups excluding carboxylic acids is 1. The molecule has 6 nitrogen and oxygen atoms in total.